The molecule has 1 unspecified atom stereocenters. The van der Waals surface area contributed by atoms with Gasteiger partial charge in [-0.25, -0.2) is 0 Å². The Bertz CT molecular complexity index is 314. The minimum atomic E-state index is -0.0239. The zero-order valence-electron chi connectivity index (χ0n) is 11.4. The first-order valence-corrected chi connectivity index (χ1v) is 7.58. The van der Waals surface area contributed by atoms with Crippen LogP contribution in [0.5, 0.6) is 0 Å². The Hall–Kier alpha value is -0.820. The number of unbranched alkanes of at least 4 members (excludes halogenated alkanes) is 2. The molecule has 1 aromatic rings. The van der Waals surface area contributed by atoms with Crippen LogP contribution >= 0.6 is 0 Å². The highest BCUT2D eigenvalue weighted by molar-refractivity contribution is 5.14. The van der Waals surface area contributed by atoms with E-state index in [2.05, 4.69) is 30.3 Å². The summed E-state index contributed by atoms with van der Waals surface area (Å²) < 4.78 is 0. The van der Waals surface area contributed by atoms with Gasteiger partial charge in [0.05, 0.1) is 6.10 Å². The molecule has 1 atom stereocenters. The first-order chi connectivity index (χ1) is 8.86. The maximum atomic E-state index is 10.1. The predicted octanol–water partition coefficient (Wildman–Crippen LogP) is 4.34. The van der Waals surface area contributed by atoms with Gasteiger partial charge in [0.2, 0.25) is 0 Å². The summed E-state index contributed by atoms with van der Waals surface area (Å²) in [4.78, 5) is 0. The molecule has 1 fully saturated rings. The predicted molar refractivity (Wildman–Crippen MR) is 76.6 cm³/mol. The summed E-state index contributed by atoms with van der Waals surface area (Å²) in [6, 6.07) is 10.7. The maximum absolute atomic E-state index is 10.1. The van der Waals surface area contributed by atoms with Crippen molar-refractivity contribution >= 4 is 0 Å². The van der Waals surface area contributed by atoms with Gasteiger partial charge in [-0.3, -0.25) is 0 Å². The van der Waals surface area contributed by atoms with E-state index in [-0.39, 0.29) is 6.10 Å². The van der Waals surface area contributed by atoms with E-state index in [4.69, 9.17) is 0 Å². The van der Waals surface area contributed by atoms with Gasteiger partial charge in [0.15, 0.2) is 0 Å². The van der Waals surface area contributed by atoms with Crippen LogP contribution in [0.25, 0.3) is 0 Å². The second-order valence-electron chi connectivity index (χ2n) is 5.70. The molecule has 1 aromatic carbocycles. The van der Waals surface area contributed by atoms with Crippen LogP contribution < -0.4 is 0 Å². The quantitative estimate of drug-likeness (QED) is 0.710. The molecule has 18 heavy (non-hydrogen) atoms. The van der Waals surface area contributed by atoms with Gasteiger partial charge in [0, 0.05) is 0 Å². The second kappa shape index (κ2) is 7.58. The minimum absolute atomic E-state index is 0.0239. The van der Waals surface area contributed by atoms with Gasteiger partial charge in [0.25, 0.3) is 0 Å². The van der Waals surface area contributed by atoms with Crippen molar-refractivity contribution in [3.05, 3.63) is 35.9 Å². The number of aryl methyl sites for hydroxylation is 1. The van der Waals surface area contributed by atoms with E-state index >= 15 is 0 Å². The first kappa shape index (κ1) is 13.6. The fraction of sp³-hybridized carbons (Fsp3) is 0.647. The summed E-state index contributed by atoms with van der Waals surface area (Å²) in [5, 5.41) is 10.1. The minimum Gasteiger partial charge on any atom is -0.393 e. The molecule has 0 amide bonds. The molecule has 1 aliphatic rings. The van der Waals surface area contributed by atoms with Crippen molar-refractivity contribution in [2.24, 2.45) is 5.92 Å². The Kier molecular flexibility index (Phi) is 5.73. The van der Waals surface area contributed by atoms with Crippen molar-refractivity contribution in [1.82, 2.24) is 0 Å². The number of hydrogen-bond donors (Lipinski definition) is 1. The van der Waals surface area contributed by atoms with E-state index in [1.54, 1.807) is 0 Å². The van der Waals surface area contributed by atoms with Crippen LogP contribution in [0.1, 0.15) is 56.9 Å². The molecule has 0 bridgehead atoms. The normalized spacial score (nSPS) is 18.1. The van der Waals surface area contributed by atoms with Gasteiger partial charge in [0.1, 0.15) is 0 Å². The highest BCUT2D eigenvalue weighted by Crippen LogP contribution is 2.29. The Balaban J connectivity index is 1.53. The Morgan fingerprint density at radius 3 is 2.44 bits per heavy atom. The lowest BCUT2D eigenvalue weighted by Crippen LogP contribution is -2.17. The number of rotatable bonds is 7. The summed E-state index contributed by atoms with van der Waals surface area (Å²) in [6.07, 6.45) is 11.0. The van der Waals surface area contributed by atoms with E-state index in [1.807, 2.05) is 0 Å². The molecule has 100 valence electrons. The van der Waals surface area contributed by atoms with E-state index in [9.17, 15) is 5.11 Å². The van der Waals surface area contributed by atoms with Crippen molar-refractivity contribution in [3.63, 3.8) is 0 Å². The Labute approximate surface area is 111 Å². The Morgan fingerprint density at radius 1 is 1.00 bits per heavy atom. The van der Waals surface area contributed by atoms with Gasteiger partial charge in [-0.05, 0) is 43.6 Å². The smallest absolute Gasteiger partial charge is 0.0568 e. The summed E-state index contributed by atoms with van der Waals surface area (Å²) in [7, 11) is 0. The molecule has 0 aliphatic heterocycles. The van der Waals surface area contributed by atoms with Crippen LogP contribution in [-0.4, -0.2) is 11.2 Å². The molecule has 0 saturated heterocycles. The SMILES string of the molecule is OC(CCCCCc1ccccc1)C1CCCC1. The standard InChI is InChI=1S/C17H26O/c18-17(16-12-7-8-13-16)14-6-2-5-11-15-9-3-1-4-10-15/h1,3-4,9-10,16-18H,2,5-8,11-14H2. The number of aliphatic hydroxyl groups excluding tert-OH is 1. The lowest BCUT2D eigenvalue weighted by molar-refractivity contribution is 0.0990. The molecule has 1 N–H and O–H groups in total. The molecule has 0 radical (unpaired) electrons. The molecule has 0 spiro atoms. The van der Waals surface area contributed by atoms with Crippen LogP contribution in [0.4, 0.5) is 0 Å². The highest BCUT2D eigenvalue weighted by atomic mass is 16.3. The van der Waals surface area contributed by atoms with Crippen molar-refractivity contribution in [2.75, 3.05) is 0 Å². The lowest BCUT2D eigenvalue weighted by Gasteiger charge is -2.17. The molecule has 1 aliphatic carbocycles. The second-order valence-corrected chi connectivity index (χ2v) is 5.70. The van der Waals surface area contributed by atoms with Crippen LogP contribution in [0, 0.1) is 5.92 Å². The van der Waals surface area contributed by atoms with Crippen molar-refractivity contribution in [2.45, 2.75) is 63.9 Å². The fourth-order valence-electron chi connectivity index (χ4n) is 3.08. The van der Waals surface area contributed by atoms with Crippen molar-refractivity contribution in [1.29, 1.82) is 0 Å². The van der Waals surface area contributed by atoms with E-state index in [0.29, 0.717) is 5.92 Å². The molecule has 0 aromatic heterocycles. The van der Waals surface area contributed by atoms with Crippen molar-refractivity contribution in [3.8, 4) is 0 Å². The molecule has 1 heteroatoms. The highest BCUT2D eigenvalue weighted by Gasteiger charge is 2.22. The van der Waals surface area contributed by atoms with Crippen LogP contribution in [0.2, 0.25) is 0 Å². The average Bonchev–Trinajstić information content (AvgIpc) is 2.93. The first-order valence-electron chi connectivity index (χ1n) is 7.58. The summed E-state index contributed by atoms with van der Waals surface area (Å²) in [5.41, 5.74) is 1.44. The van der Waals surface area contributed by atoms with Crippen LogP contribution in [0.3, 0.4) is 0 Å². The van der Waals surface area contributed by atoms with Gasteiger partial charge in [-0.2, -0.15) is 0 Å². The third-order valence-electron chi connectivity index (χ3n) is 4.25. The molecule has 1 saturated carbocycles. The monoisotopic (exact) mass is 246 g/mol. The zero-order chi connectivity index (χ0) is 12.6. The summed E-state index contributed by atoms with van der Waals surface area (Å²) in [5.74, 6) is 0.610. The van der Waals surface area contributed by atoms with Gasteiger partial charge >= 0.3 is 0 Å². The van der Waals surface area contributed by atoms with E-state index in [1.165, 1.54) is 56.9 Å². The fourth-order valence-corrected chi connectivity index (χ4v) is 3.08. The van der Waals surface area contributed by atoms with E-state index < -0.39 is 0 Å². The molecular formula is C17H26O. The maximum Gasteiger partial charge on any atom is 0.0568 e. The van der Waals surface area contributed by atoms with Crippen LogP contribution in [0.15, 0.2) is 30.3 Å². The molecule has 1 nitrogen and oxygen atoms in total. The molecule has 0 heterocycles. The van der Waals surface area contributed by atoms with Crippen molar-refractivity contribution < 1.29 is 5.11 Å². The van der Waals surface area contributed by atoms with E-state index in [0.717, 1.165) is 6.42 Å². The number of hydrogen-bond acceptors (Lipinski definition) is 1. The van der Waals surface area contributed by atoms with Gasteiger partial charge in [-0.1, -0.05) is 56.0 Å². The topological polar surface area (TPSA) is 20.2 Å². The lowest BCUT2D eigenvalue weighted by atomic mass is 9.95. The average molecular weight is 246 g/mol. The zero-order valence-corrected chi connectivity index (χ0v) is 11.4. The Morgan fingerprint density at radius 2 is 1.72 bits per heavy atom. The molecular weight excluding hydrogens is 220 g/mol. The summed E-state index contributed by atoms with van der Waals surface area (Å²) in [6.45, 7) is 0. The van der Waals surface area contributed by atoms with Crippen LogP contribution in [-0.2, 0) is 6.42 Å². The van der Waals surface area contributed by atoms with Gasteiger partial charge < -0.3 is 5.11 Å². The summed E-state index contributed by atoms with van der Waals surface area (Å²) >= 11 is 0. The largest absolute Gasteiger partial charge is 0.393 e. The third-order valence-corrected chi connectivity index (χ3v) is 4.25. The third kappa shape index (κ3) is 4.45. The number of aliphatic hydroxyl groups is 1. The van der Waals surface area contributed by atoms with Gasteiger partial charge in [-0.15, -0.1) is 0 Å². The molecule has 2 rings (SSSR count). The number of benzene rings is 1.